The van der Waals surface area contributed by atoms with Crippen molar-refractivity contribution >= 4 is 5.78 Å². The lowest BCUT2D eigenvalue weighted by Crippen LogP contribution is -2.16. The third-order valence-corrected chi connectivity index (χ3v) is 1.44. The predicted octanol–water partition coefficient (Wildman–Crippen LogP) is 1.73. The highest BCUT2D eigenvalue weighted by atomic mass is 19.1. The lowest BCUT2D eigenvalue weighted by Gasteiger charge is -2.14. The van der Waals surface area contributed by atoms with E-state index >= 15 is 0 Å². The van der Waals surface area contributed by atoms with Crippen LogP contribution < -0.4 is 0 Å². The van der Waals surface area contributed by atoms with Gasteiger partial charge in [-0.3, -0.25) is 4.79 Å². The summed E-state index contributed by atoms with van der Waals surface area (Å²) in [5.41, 5.74) is 0. The van der Waals surface area contributed by atoms with E-state index in [9.17, 15) is 9.18 Å². The van der Waals surface area contributed by atoms with Crippen LogP contribution in [0.5, 0.6) is 0 Å². The summed E-state index contributed by atoms with van der Waals surface area (Å²) in [5, 5.41) is 0. The first kappa shape index (κ1) is 10.1. The highest BCUT2D eigenvalue weighted by Gasteiger charge is 2.02. The first-order valence-electron chi connectivity index (χ1n) is 3.74. The van der Waals surface area contributed by atoms with Crippen molar-refractivity contribution in [3.63, 3.8) is 0 Å². The van der Waals surface area contributed by atoms with Gasteiger partial charge in [0.1, 0.15) is 0 Å². The van der Waals surface area contributed by atoms with Gasteiger partial charge in [0.2, 0.25) is 0 Å². The van der Waals surface area contributed by atoms with E-state index in [0.29, 0.717) is 0 Å². The number of Topliss-reactive ketones (excluding diaryl/α,β-unsaturated/α-hetero) is 1. The van der Waals surface area contributed by atoms with E-state index in [0.717, 1.165) is 13.1 Å². The zero-order chi connectivity index (χ0) is 8.85. The van der Waals surface area contributed by atoms with Crippen molar-refractivity contribution in [2.75, 3.05) is 13.1 Å². The molecule has 0 N–H and O–H groups in total. The van der Waals surface area contributed by atoms with Crippen molar-refractivity contribution < 1.29 is 9.18 Å². The number of rotatable bonds is 4. The number of carbonyl (C=O) groups is 1. The maximum atomic E-state index is 12.6. The molecule has 0 amide bonds. The molecule has 0 aliphatic carbocycles. The molecule has 0 bridgehead atoms. The Morgan fingerprint density at radius 3 is 2.18 bits per heavy atom. The van der Waals surface area contributed by atoms with Crippen molar-refractivity contribution in [1.29, 1.82) is 0 Å². The van der Waals surface area contributed by atoms with Crippen LogP contribution in [-0.4, -0.2) is 23.8 Å². The molecule has 0 saturated heterocycles. The summed E-state index contributed by atoms with van der Waals surface area (Å²) in [4.78, 5) is 12.2. The molecule has 0 aromatic heterocycles. The largest absolute Gasteiger partial charge is 0.375 e. The van der Waals surface area contributed by atoms with Gasteiger partial charge in [0.15, 0.2) is 11.6 Å². The third kappa shape index (κ3) is 3.75. The van der Waals surface area contributed by atoms with Crippen molar-refractivity contribution in [2.24, 2.45) is 0 Å². The van der Waals surface area contributed by atoms with E-state index in [4.69, 9.17) is 0 Å². The van der Waals surface area contributed by atoms with Crippen LogP contribution in [0.3, 0.4) is 0 Å². The number of hydrogen-bond acceptors (Lipinski definition) is 2. The van der Waals surface area contributed by atoms with Gasteiger partial charge in [0.25, 0.3) is 0 Å². The molecule has 0 saturated carbocycles. The summed E-state index contributed by atoms with van der Waals surface area (Å²) in [6.07, 6.45) is 1.25. The summed E-state index contributed by atoms with van der Waals surface area (Å²) in [5.74, 6) is -1.19. The molecule has 0 atom stereocenters. The summed E-state index contributed by atoms with van der Waals surface area (Å²) in [6.45, 7) is 6.48. The summed E-state index contributed by atoms with van der Waals surface area (Å²) in [6, 6.07) is 0. The van der Waals surface area contributed by atoms with Gasteiger partial charge in [0.05, 0.1) is 0 Å². The Balaban J connectivity index is 4.14. The molecule has 0 aromatic carbocycles. The van der Waals surface area contributed by atoms with Gasteiger partial charge in [0, 0.05) is 26.2 Å². The van der Waals surface area contributed by atoms with E-state index in [1.807, 2.05) is 13.8 Å². The molecular formula is C8H14FNO. The molecule has 0 rings (SSSR count). The topological polar surface area (TPSA) is 20.3 Å². The Kier molecular flexibility index (Phi) is 4.50. The highest BCUT2D eigenvalue weighted by molar-refractivity contribution is 5.90. The Hall–Kier alpha value is -0.860. The van der Waals surface area contributed by atoms with Gasteiger partial charge in [-0.25, -0.2) is 4.39 Å². The van der Waals surface area contributed by atoms with Gasteiger partial charge < -0.3 is 4.90 Å². The fraction of sp³-hybridized carbons (Fsp3) is 0.625. The number of nitrogens with zero attached hydrogens (tertiary/aromatic N) is 1. The maximum absolute atomic E-state index is 12.6. The summed E-state index contributed by atoms with van der Waals surface area (Å²) in [7, 11) is 0. The maximum Gasteiger partial charge on any atom is 0.189 e. The van der Waals surface area contributed by atoms with Crippen molar-refractivity contribution in [1.82, 2.24) is 4.90 Å². The second-order valence-electron chi connectivity index (χ2n) is 2.25. The van der Waals surface area contributed by atoms with Gasteiger partial charge in [-0.15, -0.1) is 0 Å². The number of hydrogen-bond donors (Lipinski definition) is 0. The fourth-order valence-electron chi connectivity index (χ4n) is 0.657. The zero-order valence-corrected chi connectivity index (χ0v) is 7.22. The van der Waals surface area contributed by atoms with Crippen LogP contribution in [0.15, 0.2) is 12.0 Å². The predicted molar refractivity (Wildman–Crippen MR) is 42.8 cm³/mol. The van der Waals surface area contributed by atoms with E-state index in [-0.39, 0.29) is 0 Å². The van der Waals surface area contributed by atoms with Gasteiger partial charge in [-0.1, -0.05) is 0 Å². The Labute approximate surface area is 66.7 Å². The molecule has 2 nitrogen and oxygen atoms in total. The lowest BCUT2D eigenvalue weighted by atomic mass is 10.4. The molecule has 0 heterocycles. The number of halogens is 1. The molecule has 0 spiro atoms. The van der Waals surface area contributed by atoms with Crippen molar-refractivity contribution in [3.8, 4) is 0 Å². The molecular weight excluding hydrogens is 145 g/mol. The van der Waals surface area contributed by atoms with E-state index < -0.39 is 11.6 Å². The molecule has 0 aromatic rings. The van der Waals surface area contributed by atoms with Crippen LogP contribution >= 0.6 is 0 Å². The van der Waals surface area contributed by atoms with Gasteiger partial charge in [-0.05, 0) is 13.8 Å². The zero-order valence-electron chi connectivity index (χ0n) is 7.22. The molecule has 0 aliphatic rings. The first-order chi connectivity index (χ1) is 5.11. The summed E-state index contributed by atoms with van der Waals surface area (Å²) < 4.78 is 12.6. The Morgan fingerprint density at radius 1 is 1.45 bits per heavy atom. The minimum absolute atomic E-state index is 0.517. The SMILES string of the molecule is CCN(/C=C(/F)C(C)=O)CC. The number of allylic oxidation sites excluding steroid dienone is 1. The quantitative estimate of drug-likeness (QED) is 0.582. The lowest BCUT2D eigenvalue weighted by molar-refractivity contribution is -0.115. The number of carbonyl (C=O) groups excluding carboxylic acids is 1. The molecule has 11 heavy (non-hydrogen) atoms. The molecule has 0 radical (unpaired) electrons. The van der Waals surface area contributed by atoms with Crippen LogP contribution in [0.4, 0.5) is 4.39 Å². The average molecular weight is 159 g/mol. The molecule has 0 aliphatic heterocycles. The minimum Gasteiger partial charge on any atom is -0.375 e. The van der Waals surface area contributed by atoms with Crippen LogP contribution in [0.25, 0.3) is 0 Å². The van der Waals surface area contributed by atoms with E-state index in [2.05, 4.69) is 0 Å². The second-order valence-corrected chi connectivity index (χ2v) is 2.25. The standard InChI is InChI=1S/C8H14FNO/c1-4-10(5-2)6-8(9)7(3)11/h6H,4-5H2,1-3H3/b8-6+. The smallest absolute Gasteiger partial charge is 0.189 e. The number of ketones is 1. The van der Waals surface area contributed by atoms with Gasteiger partial charge in [-0.2, -0.15) is 0 Å². The molecule has 0 fully saturated rings. The van der Waals surface area contributed by atoms with Crippen LogP contribution in [0.2, 0.25) is 0 Å². The third-order valence-electron chi connectivity index (χ3n) is 1.44. The Morgan fingerprint density at radius 2 is 1.91 bits per heavy atom. The average Bonchev–Trinajstić information content (AvgIpc) is 1.99. The Bertz CT molecular complexity index is 161. The first-order valence-corrected chi connectivity index (χ1v) is 3.74. The van der Waals surface area contributed by atoms with E-state index in [1.165, 1.54) is 13.1 Å². The molecule has 0 unspecified atom stereocenters. The molecule has 3 heteroatoms. The fourth-order valence-corrected chi connectivity index (χ4v) is 0.657. The summed E-state index contributed by atoms with van der Waals surface area (Å²) >= 11 is 0. The minimum atomic E-state index is -0.672. The monoisotopic (exact) mass is 159 g/mol. The second kappa shape index (κ2) is 4.88. The van der Waals surface area contributed by atoms with E-state index in [1.54, 1.807) is 4.90 Å². The highest BCUT2D eigenvalue weighted by Crippen LogP contribution is 2.00. The van der Waals surface area contributed by atoms with Crippen molar-refractivity contribution in [3.05, 3.63) is 12.0 Å². The van der Waals surface area contributed by atoms with Crippen LogP contribution in [0.1, 0.15) is 20.8 Å². The normalized spacial score (nSPS) is 11.5. The van der Waals surface area contributed by atoms with Gasteiger partial charge >= 0.3 is 0 Å². The van der Waals surface area contributed by atoms with Crippen molar-refractivity contribution in [2.45, 2.75) is 20.8 Å². The van der Waals surface area contributed by atoms with Crippen LogP contribution in [0, 0.1) is 0 Å². The molecule has 64 valence electrons. The van der Waals surface area contributed by atoms with Crippen LogP contribution in [-0.2, 0) is 4.79 Å².